The second kappa shape index (κ2) is 6.11. The summed E-state index contributed by atoms with van der Waals surface area (Å²) in [5, 5.41) is 16.8. The van der Waals surface area contributed by atoms with Crippen molar-refractivity contribution >= 4 is 11.6 Å². The van der Waals surface area contributed by atoms with Gasteiger partial charge in [0.2, 0.25) is 0 Å². The molecule has 0 amide bonds. The Hall–Kier alpha value is -2.48. The summed E-state index contributed by atoms with van der Waals surface area (Å²) in [7, 11) is 0. The molecule has 20 heavy (non-hydrogen) atoms. The lowest BCUT2D eigenvalue weighted by atomic mass is 10.2. The van der Waals surface area contributed by atoms with E-state index in [1.54, 1.807) is 4.68 Å². The van der Waals surface area contributed by atoms with Crippen molar-refractivity contribution in [2.45, 2.75) is 26.7 Å². The lowest BCUT2D eigenvalue weighted by molar-refractivity contribution is 0.822. The zero-order valence-electron chi connectivity index (χ0n) is 11.8. The minimum atomic E-state index is 0.371. The van der Waals surface area contributed by atoms with Crippen molar-refractivity contribution < 1.29 is 0 Å². The number of benzene rings is 1. The average Bonchev–Trinajstić information content (AvgIpc) is 2.76. The van der Waals surface area contributed by atoms with Crippen LogP contribution >= 0.6 is 0 Å². The molecule has 3 N–H and O–H groups in total. The highest BCUT2D eigenvalue weighted by Gasteiger charge is 2.15. The standard InChI is InChI=1S/C15H19N5/c1-3-4-9-18-15-13(10-16)14(17)20(19-15)12-7-5-11(2)6-8-12/h5-8H,3-4,9,17H2,1-2H3,(H,18,19). The van der Waals surface area contributed by atoms with Crippen LogP contribution in [-0.4, -0.2) is 16.3 Å². The molecule has 104 valence electrons. The van der Waals surface area contributed by atoms with Gasteiger partial charge in [-0.25, -0.2) is 4.68 Å². The van der Waals surface area contributed by atoms with Crippen molar-refractivity contribution in [2.75, 3.05) is 17.6 Å². The first kappa shape index (κ1) is 13.9. The van der Waals surface area contributed by atoms with Gasteiger partial charge in [0, 0.05) is 6.54 Å². The molecule has 2 rings (SSSR count). The third-order valence-corrected chi connectivity index (χ3v) is 3.13. The van der Waals surface area contributed by atoms with Gasteiger partial charge >= 0.3 is 0 Å². The van der Waals surface area contributed by atoms with Crippen LogP contribution in [0.1, 0.15) is 30.9 Å². The zero-order valence-corrected chi connectivity index (χ0v) is 11.8. The number of nitrogens with zero attached hydrogens (tertiary/aromatic N) is 3. The average molecular weight is 269 g/mol. The summed E-state index contributed by atoms with van der Waals surface area (Å²) in [6, 6.07) is 9.99. The SMILES string of the molecule is CCCCNc1nn(-c2ccc(C)cc2)c(N)c1C#N. The molecule has 1 aromatic heterocycles. The van der Waals surface area contributed by atoms with Crippen LogP contribution in [-0.2, 0) is 0 Å². The highest BCUT2D eigenvalue weighted by atomic mass is 15.3. The maximum Gasteiger partial charge on any atom is 0.168 e. The molecule has 0 unspecified atom stereocenters. The molecule has 0 saturated heterocycles. The Kier molecular flexibility index (Phi) is 4.26. The van der Waals surface area contributed by atoms with Crippen molar-refractivity contribution in [3.8, 4) is 11.8 Å². The van der Waals surface area contributed by atoms with Gasteiger partial charge in [0.1, 0.15) is 17.5 Å². The van der Waals surface area contributed by atoms with Crippen LogP contribution in [0.4, 0.5) is 11.6 Å². The lowest BCUT2D eigenvalue weighted by Crippen LogP contribution is -2.04. The second-order valence-corrected chi connectivity index (χ2v) is 4.75. The van der Waals surface area contributed by atoms with E-state index in [2.05, 4.69) is 23.4 Å². The lowest BCUT2D eigenvalue weighted by Gasteiger charge is -2.04. The van der Waals surface area contributed by atoms with Gasteiger partial charge in [-0.15, -0.1) is 5.10 Å². The first-order chi connectivity index (χ1) is 9.67. The van der Waals surface area contributed by atoms with E-state index in [0.717, 1.165) is 25.1 Å². The van der Waals surface area contributed by atoms with E-state index in [-0.39, 0.29) is 0 Å². The highest BCUT2D eigenvalue weighted by molar-refractivity contribution is 5.66. The number of nitrogen functional groups attached to an aromatic ring is 1. The van der Waals surface area contributed by atoms with Crippen LogP contribution in [0.5, 0.6) is 0 Å². The Bertz CT molecular complexity index is 619. The van der Waals surface area contributed by atoms with Crippen molar-refractivity contribution in [1.29, 1.82) is 5.26 Å². The fourth-order valence-electron chi connectivity index (χ4n) is 1.93. The molecule has 5 heteroatoms. The maximum atomic E-state index is 9.24. The zero-order chi connectivity index (χ0) is 14.5. The molecule has 0 spiro atoms. The molecule has 0 saturated carbocycles. The number of anilines is 2. The summed E-state index contributed by atoms with van der Waals surface area (Å²) in [5.41, 5.74) is 8.45. The summed E-state index contributed by atoms with van der Waals surface area (Å²) in [6.45, 7) is 4.93. The van der Waals surface area contributed by atoms with Gasteiger partial charge in [0.15, 0.2) is 5.82 Å². The Morgan fingerprint density at radius 3 is 2.65 bits per heavy atom. The summed E-state index contributed by atoms with van der Waals surface area (Å²) < 4.78 is 1.60. The number of hydrogen-bond acceptors (Lipinski definition) is 4. The first-order valence-electron chi connectivity index (χ1n) is 6.77. The first-order valence-corrected chi connectivity index (χ1v) is 6.77. The number of aromatic nitrogens is 2. The predicted octanol–water partition coefficient (Wildman–Crippen LogP) is 2.85. The van der Waals surface area contributed by atoms with E-state index < -0.39 is 0 Å². The molecule has 0 aliphatic rings. The van der Waals surface area contributed by atoms with Crippen LogP contribution in [0.3, 0.4) is 0 Å². The Labute approximate surface area is 119 Å². The third kappa shape index (κ3) is 2.75. The van der Waals surface area contributed by atoms with Crippen LogP contribution in [0.2, 0.25) is 0 Å². The topological polar surface area (TPSA) is 79.7 Å². The van der Waals surface area contributed by atoms with Crippen LogP contribution in [0, 0.1) is 18.3 Å². The Morgan fingerprint density at radius 1 is 1.35 bits per heavy atom. The summed E-state index contributed by atoms with van der Waals surface area (Å²) >= 11 is 0. The van der Waals surface area contributed by atoms with Crippen LogP contribution < -0.4 is 11.1 Å². The monoisotopic (exact) mass is 269 g/mol. The molecular weight excluding hydrogens is 250 g/mol. The van der Waals surface area contributed by atoms with Crippen molar-refractivity contribution in [2.24, 2.45) is 0 Å². The largest absolute Gasteiger partial charge is 0.382 e. The molecule has 0 radical (unpaired) electrons. The molecule has 0 aliphatic carbocycles. The van der Waals surface area contributed by atoms with Gasteiger partial charge in [0.25, 0.3) is 0 Å². The minimum Gasteiger partial charge on any atom is -0.382 e. The smallest absolute Gasteiger partial charge is 0.168 e. The van der Waals surface area contributed by atoms with Gasteiger partial charge in [-0.1, -0.05) is 31.0 Å². The molecular formula is C15H19N5. The minimum absolute atomic E-state index is 0.371. The van der Waals surface area contributed by atoms with E-state index in [1.807, 2.05) is 31.2 Å². The molecule has 0 atom stereocenters. The van der Waals surface area contributed by atoms with E-state index >= 15 is 0 Å². The quantitative estimate of drug-likeness (QED) is 0.818. The van der Waals surface area contributed by atoms with E-state index in [0.29, 0.717) is 17.2 Å². The van der Waals surface area contributed by atoms with Crippen molar-refractivity contribution in [3.05, 3.63) is 35.4 Å². The van der Waals surface area contributed by atoms with Crippen molar-refractivity contribution in [1.82, 2.24) is 9.78 Å². The molecule has 0 aliphatic heterocycles. The molecule has 1 aromatic carbocycles. The van der Waals surface area contributed by atoms with Gasteiger partial charge in [0.05, 0.1) is 5.69 Å². The van der Waals surface area contributed by atoms with Gasteiger partial charge in [-0.05, 0) is 25.5 Å². The van der Waals surface area contributed by atoms with Gasteiger partial charge < -0.3 is 11.1 Å². The molecule has 1 heterocycles. The number of hydrogen-bond donors (Lipinski definition) is 2. The Morgan fingerprint density at radius 2 is 2.05 bits per heavy atom. The van der Waals surface area contributed by atoms with E-state index in [1.165, 1.54) is 5.56 Å². The van der Waals surface area contributed by atoms with E-state index in [9.17, 15) is 5.26 Å². The third-order valence-electron chi connectivity index (χ3n) is 3.13. The summed E-state index contributed by atoms with van der Waals surface area (Å²) in [6.07, 6.45) is 2.12. The second-order valence-electron chi connectivity index (χ2n) is 4.75. The summed E-state index contributed by atoms with van der Waals surface area (Å²) in [4.78, 5) is 0. The summed E-state index contributed by atoms with van der Waals surface area (Å²) in [5.74, 6) is 0.925. The molecule has 0 bridgehead atoms. The predicted molar refractivity (Wildman–Crippen MR) is 80.8 cm³/mol. The molecule has 0 fully saturated rings. The fraction of sp³-hybridized carbons (Fsp3) is 0.333. The number of unbranched alkanes of at least 4 members (excludes halogenated alkanes) is 1. The Balaban J connectivity index is 2.35. The van der Waals surface area contributed by atoms with Crippen molar-refractivity contribution in [3.63, 3.8) is 0 Å². The highest BCUT2D eigenvalue weighted by Crippen LogP contribution is 2.24. The molecule has 2 aromatic rings. The van der Waals surface area contributed by atoms with E-state index in [4.69, 9.17) is 5.73 Å². The number of nitrogens with two attached hydrogens (primary N) is 1. The maximum absolute atomic E-state index is 9.24. The molecule has 5 nitrogen and oxygen atoms in total. The number of nitriles is 1. The number of aryl methyl sites for hydroxylation is 1. The number of nitrogens with one attached hydrogen (secondary N) is 1. The van der Waals surface area contributed by atoms with Crippen LogP contribution in [0.25, 0.3) is 5.69 Å². The normalized spacial score (nSPS) is 10.2. The fourth-order valence-corrected chi connectivity index (χ4v) is 1.93. The van der Waals surface area contributed by atoms with Gasteiger partial charge in [-0.2, -0.15) is 5.26 Å². The van der Waals surface area contributed by atoms with Crippen LogP contribution in [0.15, 0.2) is 24.3 Å². The van der Waals surface area contributed by atoms with Gasteiger partial charge in [-0.3, -0.25) is 0 Å². The number of rotatable bonds is 5.